The van der Waals surface area contributed by atoms with Gasteiger partial charge in [0.2, 0.25) is 0 Å². The van der Waals surface area contributed by atoms with Crippen LogP contribution in [0.3, 0.4) is 0 Å². The molecule has 14 aromatic rings. The molecule has 14 rings (SSSR count). The van der Waals surface area contributed by atoms with Crippen LogP contribution in [0.1, 0.15) is 97.9 Å². The maximum atomic E-state index is 7.37. The number of nitrogens with zero attached hydrogens (tertiary/aromatic N) is 2. The van der Waals surface area contributed by atoms with Crippen LogP contribution in [0.2, 0.25) is 0 Å². The minimum Gasteiger partial charge on any atom is -0.453 e. The Balaban J connectivity index is 1.07. The first kappa shape index (κ1) is 51.1. The third-order valence-corrected chi connectivity index (χ3v) is 18.0. The molecule has 82 heavy (non-hydrogen) atoms. The zero-order chi connectivity index (χ0) is 56.2. The summed E-state index contributed by atoms with van der Waals surface area (Å²) in [6.07, 6.45) is 1.87. The summed E-state index contributed by atoms with van der Waals surface area (Å²) in [7, 11) is 0. The van der Waals surface area contributed by atoms with Crippen molar-refractivity contribution >= 4 is 110 Å². The van der Waals surface area contributed by atoms with Crippen molar-refractivity contribution in [2.75, 3.05) is 9.80 Å². The van der Waals surface area contributed by atoms with Crippen molar-refractivity contribution in [2.24, 2.45) is 0 Å². The molecule has 0 saturated heterocycles. The van der Waals surface area contributed by atoms with Crippen molar-refractivity contribution in [1.29, 1.82) is 0 Å². The second kappa shape index (κ2) is 19.8. The Hall–Kier alpha value is -9.12. The molecule has 0 aliphatic rings. The topological polar surface area (TPSA) is 32.8 Å². The third-order valence-electron chi connectivity index (χ3n) is 18.0. The molecule has 0 spiro atoms. The van der Waals surface area contributed by atoms with E-state index in [9.17, 15) is 0 Å². The molecule has 0 saturated carbocycles. The molecule has 0 fully saturated rings. The number of aryl methyl sites for hydroxylation is 6. The van der Waals surface area contributed by atoms with E-state index < -0.39 is 0 Å². The number of furan rings is 2. The molecule has 2 aromatic heterocycles. The second-order valence-electron chi connectivity index (χ2n) is 23.5. The highest BCUT2D eigenvalue weighted by Gasteiger charge is 2.30. The van der Waals surface area contributed by atoms with E-state index in [4.69, 9.17) is 8.83 Å². The Bertz CT molecular complexity index is 4550. The van der Waals surface area contributed by atoms with Crippen molar-refractivity contribution in [2.45, 2.75) is 93.9 Å². The van der Waals surface area contributed by atoms with E-state index in [0.717, 1.165) is 102 Å². The highest BCUT2D eigenvalue weighted by Crippen LogP contribution is 2.54. The summed E-state index contributed by atoms with van der Waals surface area (Å²) >= 11 is 0. The lowest BCUT2D eigenvalue weighted by Gasteiger charge is -2.32. The van der Waals surface area contributed by atoms with Gasteiger partial charge in [0.25, 0.3) is 0 Å². The molecule has 0 radical (unpaired) electrons. The van der Waals surface area contributed by atoms with Gasteiger partial charge in [0.15, 0.2) is 11.2 Å². The van der Waals surface area contributed by atoms with Gasteiger partial charge >= 0.3 is 0 Å². The van der Waals surface area contributed by atoms with Crippen molar-refractivity contribution in [3.8, 4) is 22.3 Å². The molecular formula is C78H68N2O2. The van der Waals surface area contributed by atoms with Crippen LogP contribution < -0.4 is 9.80 Å². The maximum Gasteiger partial charge on any atom is 0.159 e. The average molecular weight is 1070 g/mol. The number of benzene rings is 12. The Morgan fingerprint density at radius 2 is 0.683 bits per heavy atom. The molecule has 2 heterocycles. The number of hydrogen-bond acceptors (Lipinski definition) is 4. The Kier molecular flexibility index (Phi) is 12.4. The fourth-order valence-electron chi connectivity index (χ4n) is 13.4. The summed E-state index contributed by atoms with van der Waals surface area (Å²) in [4.78, 5) is 4.99. The second-order valence-corrected chi connectivity index (χ2v) is 23.5. The molecule has 402 valence electrons. The van der Waals surface area contributed by atoms with Crippen molar-refractivity contribution in [3.63, 3.8) is 0 Å². The van der Waals surface area contributed by atoms with E-state index in [-0.39, 0.29) is 11.8 Å². The fraction of sp³-hybridized carbons (Fsp3) is 0.179. The number of fused-ring (bicyclic) bond motifs is 6. The predicted octanol–water partition coefficient (Wildman–Crippen LogP) is 23.3. The first-order chi connectivity index (χ1) is 39.9. The van der Waals surface area contributed by atoms with Gasteiger partial charge < -0.3 is 18.6 Å². The van der Waals surface area contributed by atoms with E-state index >= 15 is 0 Å². The minimum absolute atomic E-state index is 0.212. The fourth-order valence-corrected chi connectivity index (χ4v) is 13.4. The lowest BCUT2D eigenvalue weighted by atomic mass is 9.84. The normalized spacial score (nSPS) is 12.1. The molecule has 4 nitrogen and oxygen atoms in total. The highest BCUT2D eigenvalue weighted by molar-refractivity contribution is 6.30. The highest BCUT2D eigenvalue weighted by atomic mass is 16.3. The van der Waals surface area contributed by atoms with Gasteiger partial charge in [-0.2, -0.15) is 0 Å². The number of hydrogen-bond donors (Lipinski definition) is 0. The first-order valence-corrected chi connectivity index (χ1v) is 29.5. The number of rotatable bonds is 12. The molecule has 4 heteroatoms. The van der Waals surface area contributed by atoms with Crippen LogP contribution in [0.15, 0.2) is 203 Å². The van der Waals surface area contributed by atoms with Gasteiger partial charge in [0.1, 0.15) is 11.2 Å². The monoisotopic (exact) mass is 1060 g/mol. The van der Waals surface area contributed by atoms with Crippen molar-refractivity contribution in [3.05, 3.63) is 239 Å². The van der Waals surface area contributed by atoms with Crippen LogP contribution in [0, 0.1) is 27.7 Å². The lowest BCUT2D eigenvalue weighted by Crippen LogP contribution is -2.13. The molecular weight excluding hydrogens is 997 g/mol. The average Bonchev–Trinajstić information content (AvgIpc) is 3.93. The summed E-state index contributed by atoms with van der Waals surface area (Å²) < 4.78 is 14.7. The van der Waals surface area contributed by atoms with E-state index in [2.05, 4.69) is 273 Å². The van der Waals surface area contributed by atoms with E-state index in [1.165, 1.54) is 88.0 Å². The molecule has 0 N–H and O–H groups in total. The summed E-state index contributed by atoms with van der Waals surface area (Å²) in [6, 6.07) is 72.6. The van der Waals surface area contributed by atoms with Gasteiger partial charge in [-0.3, -0.25) is 0 Å². The largest absolute Gasteiger partial charge is 0.453 e. The summed E-state index contributed by atoms with van der Waals surface area (Å²) in [5.41, 5.74) is 24.8. The predicted molar refractivity (Wildman–Crippen MR) is 351 cm³/mol. The lowest BCUT2D eigenvalue weighted by molar-refractivity contribution is 0.669. The Morgan fingerprint density at radius 3 is 1.07 bits per heavy atom. The van der Waals surface area contributed by atoms with Gasteiger partial charge in [-0.05, 0) is 178 Å². The molecule has 0 unspecified atom stereocenters. The van der Waals surface area contributed by atoms with Gasteiger partial charge in [-0.15, -0.1) is 0 Å². The number of para-hydroxylation sites is 4. The minimum atomic E-state index is 0.212. The maximum absolute atomic E-state index is 7.37. The van der Waals surface area contributed by atoms with Crippen molar-refractivity contribution in [1.82, 2.24) is 0 Å². The van der Waals surface area contributed by atoms with Gasteiger partial charge in [0.05, 0.1) is 22.7 Å². The SMILES string of the molecule is CCc1ccccc1-c1cccc2c1oc1c(N(c3ccc(C)c(C)c3)c3cc(C(C)C)c4ccc5c(N(c6ccc(C)c(C)c6)c6cccc7c6oc6c(-c8ccccc8CC)cccc67)cc(C(C)C)c6ccc3c4c65)cccc12. The Morgan fingerprint density at radius 1 is 0.317 bits per heavy atom. The van der Waals surface area contributed by atoms with Crippen LogP contribution in [0.4, 0.5) is 34.1 Å². The van der Waals surface area contributed by atoms with Crippen LogP contribution >= 0.6 is 0 Å². The van der Waals surface area contributed by atoms with E-state index in [1.54, 1.807) is 0 Å². The van der Waals surface area contributed by atoms with Crippen LogP contribution in [0.5, 0.6) is 0 Å². The molecule has 0 aliphatic heterocycles. The van der Waals surface area contributed by atoms with Gasteiger partial charge in [0, 0.05) is 54.8 Å². The smallest absolute Gasteiger partial charge is 0.159 e. The van der Waals surface area contributed by atoms with E-state index in [1.807, 2.05) is 0 Å². The van der Waals surface area contributed by atoms with Crippen LogP contribution in [0.25, 0.3) is 98.4 Å². The summed E-state index contributed by atoms with van der Waals surface area (Å²) in [5.74, 6) is 0.424. The zero-order valence-electron chi connectivity index (χ0n) is 48.8. The molecule has 0 amide bonds. The van der Waals surface area contributed by atoms with Crippen LogP contribution in [-0.2, 0) is 12.8 Å². The molecule has 0 aliphatic carbocycles. The molecule has 0 bridgehead atoms. The molecule has 12 aromatic carbocycles. The zero-order valence-corrected chi connectivity index (χ0v) is 48.8. The summed E-state index contributed by atoms with van der Waals surface area (Å²) in [6.45, 7) is 22.7. The van der Waals surface area contributed by atoms with E-state index in [0.29, 0.717) is 0 Å². The quantitative estimate of drug-likeness (QED) is 0.114. The number of anilines is 6. The Labute approximate surface area is 481 Å². The van der Waals surface area contributed by atoms with Gasteiger partial charge in [-0.25, -0.2) is 0 Å². The third kappa shape index (κ3) is 7.93. The first-order valence-electron chi connectivity index (χ1n) is 29.5. The standard InChI is InChI=1S/C78H68N2O2/c1-11-51-21-13-15-23-55(51)59-25-17-27-61-63-29-19-31-69(77(63)81-75(59)61)79(53-35-33-47(7)49(9)41-53)71-43-67(45(3)4)57-38-40-66-72(44-68(46(5)6)58-37-39-65(71)73(57)74(58)66)80(54-36-34-48(8)50(10)42-54)70-32-20-30-64-62-28-18-26-60(76(62)82-78(64)70)56-24-16-14-22-52(56)12-2/h13-46H,11-12H2,1-10H3. The van der Waals surface area contributed by atoms with Gasteiger partial charge in [-0.1, -0.05) is 187 Å². The van der Waals surface area contributed by atoms with Crippen molar-refractivity contribution < 1.29 is 8.83 Å². The van der Waals surface area contributed by atoms with Crippen LogP contribution in [-0.4, -0.2) is 0 Å². The molecule has 0 atom stereocenters. The summed E-state index contributed by atoms with van der Waals surface area (Å²) in [5, 5.41) is 11.9.